The quantitative estimate of drug-likeness (QED) is 0.728. The zero-order valence-corrected chi connectivity index (χ0v) is 17.1. The lowest BCUT2D eigenvalue weighted by Crippen LogP contribution is -2.20. The van der Waals surface area contributed by atoms with E-state index in [1.54, 1.807) is 35.9 Å². The third kappa shape index (κ3) is 4.73. The maximum Gasteiger partial charge on any atom is 0.235 e. The molecule has 1 unspecified atom stereocenters. The lowest BCUT2D eigenvalue weighted by Gasteiger charge is -2.13. The Labute approximate surface area is 166 Å². The molecule has 6 nitrogen and oxygen atoms in total. The molecule has 1 fully saturated rings. The summed E-state index contributed by atoms with van der Waals surface area (Å²) in [4.78, 5) is 13.0. The first-order valence-electron chi connectivity index (χ1n) is 7.88. The number of nitrogens with zero attached hydrogens (tertiary/aromatic N) is 2. The Balaban J connectivity index is 1.67. The normalized spacial score (nSPS) is 18.8. The van der Waals surface area contributed by atoms with Gasteiger partial charge in [0.2, 0.25) is 5.91 Å². The summed E-state index contributed by atoms with van der Waals surface area (Å²) in [6.07, 6.45) is 0.499. The molecule has 0 spiro atoms. The number of amides is 1. The van der Waals surface area contributed by atoms with Crippen LogP contribution < -0.4 is 5.32 Å². The number of halogens is 2. The van der Waals surface area contributed by atoms with Gasteiger partial charge < -0.3 is 5.32 Å². The van der Waals surface area contributed by atoms with Crippen LogP contribution in [0.2, 0.25) is 10.0 Å². The van der Waals surface area contributed by atoms with E-state index >= 15 is 0 Å². The lowest BCUT2D eigenvalue weighted by atomic mass is 10.3. The van der Waals surface area contributed by atoms with Crippen LogP contribution in [0.15, 0.2) is 29.2 Å². The number of benzene rings is 1. The van der Waals surface area contributed by atoms with E-state index in [1.807, 2.05) is 0 Å². The Bertz CT molecular complexity index is 944. The highest BCUT2D eigenvalue weighted by Crippen LogP contribution is 2.30. The minimum absolute atomic E-state index is 0.0455. The van der Waals surface area contributed by atoms with Crippen molar-refractivity contribution in [3.63, 3.8) is 0 Å². The molecule has 140 valence electrons. The van der Waals surface area contributed by atoms with Gasteiger partial charge in [-0.05, 0) is 31.5 Å². The fourth-order valence-electron chi connectivity index (χ4n) is 2.77. The molecule has 0 aliphatic carbocycles. The largest absolute Gasteiger partial charge is 0.310 e. The van der Waals surface area contributed by atoms with Crippen LogP contribution in [-0.4, -0.2) is 41.4 Å². The smallest absolute Gasteiger partial charge is 0.235 e. The van der Waals surface area contributed by atoms with Gasteiger partial charge >= 0.3 is 0 Å². The zero-order valence-electron chi connectivity index (χ0n) is 13.9. The van der Waals surface area contributed by atoms with E-state index in [9.17, 15) is 13.2 Å². The summed E-state index contributed by atoms with van der Waals surface area (Å²) in [5.74, 6) is 0.616. The standard InChI is InChI=1S/C16H17Cl2N3O3S2/c1-10-6-15(21(20-10)12-4-5-26(23,24)9-12)19-16(22)8-25-14-7-11(17)2-3-13(14)18/h2-3,6-7,12H,4-5,8-9H2,1H3,(H,19,22). The highest BCUT2D eigenvalue weighted by Gasteiger charge is 2.31. The van der Waals surface area contributed by atoms with Crippen LogP contribution >= 0.6 is 35.0 Å². The molecule has 1 aliphatic rings. The van der Waals surface area contributed by atoms with Crippen molar-refractivity contribution in [2.45, 2.75) is 24.3 Å². The highest BCUT2D eigenvalue weighted by molar-refractivity contribution is 8.00. The van der Waals surface area contributed by atoms with Crippen molar-refractivity contribution in [3.8, 4) is 0 Å². The Morgan fingerprint density at radius 1 is 1.38 bits per heavy atom. The number of anilines is 1. The van der Waals surface area contributed by atoms with Crippen LogP contribution in [0.4, 0.5) is 5.82 Å². The van der Waals surface area contributed by atoms with Crippen LogP contribution in [0, 0.1) is 6.92 Å². The molecule has 2 aromatic rings. The molecule has 2 heterocycles. The van der Waals surface area contributed by atoms with Crippen LogP contribution in [-0.2, 0) is 14.6 Å². The van der Waals surface area contributed by atoms with E-state index in [2.05, 4.69) is 10.4 Å². The predicted molar refractivity (Wildman–Crippen MR) is 105 cm³/mol. The zero-order chi connectivity index (χ0) is 18.9. The summed E-state index contributed by atoms with van der Waals surface area (Å²) >= 11 is 13.3. The predicted octanol–water partition coefficient (Wildman–Crippen LogP) is 3.59. The summed E-state index contributed by atoms with van der Waals surface area (Å²) in [6, 6.07) is 6.56. The van der Waals surface area contributed by atoms with Gasteiger partial charge in [-0.2, -0.15) is 5.10 Å². The van der Waals surface area contributed by atoms with Crippen molar-refractivity contribution in [3.05, 3.63) is 40.0 Å². The van der Waals surface area contributed by atoms with Crippen LogP contribution in [0.5, 0.6) is 0 Å². The monoisotopic (exact) mass is 433 g/mol. The van der Waals surface area contributed by atoms with E-state index in [0.717, 1.165) is 10.6 Å². The molecule has 1 N–H and O–H groups in total. The second-order valence-electron chi connectivity index (χ2n) is 6.08. The van der Waals surface area contributed by atoms with E-state index in [0.29, 0.717) is 22.3 Å². The number of hydrogen-bond donors (Lipinski definition) is 1. The summed E-state index contributed by atoms with van der Waals surface area (Å²) < 4.78 is 25.0. The van der Waals surface area contributed by atoms with Crippen LogP contribution in [0.25, 0.3) is 0 Å². The van der Waals surface area contributed by atoms with Crippen molar-refractivity contribution in [1.29, 1.82) is 0 Å². The van der Waals surface area contributed by atoms with E-state index in [1.165, 1.54) is 11.8 Å². The van der Waals surface area contributed by atoms with Gasteiger partial charge in [-0.3, -0.25) is 4.79 Å². The molecule has 0 radical (unpaired) electrons. The average Bonchev–Trinajstić information content (AvgIpc) is 3.10. The SMILES string of the molecule is Cc1cc(NC(=O)CSc2cc(Cl)ccc2Cl)n(C2CCS(=O)(=O)C2)n1. The van der Waals surface area contributed by atoms with Crippen molar-refractivity contribution < 1.29 is 13.2 Å². The van der Waals surface area contributed by atoms with Gasteiger partial charge in [0, 0.05) is 16.0 Å². The molecule has 26 heavy (non-hydrogen) atoms. The topological polar surface area (TPSA) is 81.1 Å². The Kier molecular flexibility index (Phi) is 5.86. The maximum absolute atomic E-state index is 12.3. The Hall–Kier alpha value is -1.22. The molecule has 3 rings (SSSR count). The molecule has 1 saturated heterocycles. The van der Waals surface area contributed by atoms with Crippen LogP contribution in [0.3, 0.4) is 0 Å². The molecule has 10 heteroatoms. The fourth-order valence-corrected chi connectivity index (χ4v) is 5.75. The fraction of sp³-hybridized carbons (Fsp3) is 0.375. The molecular formula is C16H17Cl2N3O3S2. The molecule has 0 bridgehead atoms. The second-order valence-corrected chi connectivity index (χ2v) is 10.2. The van der Waals surface area contributed by atoms with Crippen molar-refractivity contribution >= 4 is 56.5 Å². The summed E-state index contributed by atoms with van der Waals surface area (Å²) in [5, 5.41) is 8.24. The van der Waals surface area contributed by atoms with Gasteiger partial charge in [-0.15, -0.1) is 11.8 Å². The van der Waals surface area contributed by atoms with Crippen molar-refractivity contribution in [2.24, 2.45) is 0 Å². The first-order valence-corrected chi connectivity index (χ1v) is 11.4. The average molecular weight is 434 g/mol. The number of hydrogen-bond acceptors (Lipinski definition) is 5. The maximum atomic E-state index is 12.3. The third-order valence-electron chi connectivity index (χ3n) is 3.93. The lowest BCUT2D eigenvalue weighted by molar-refractivity contribution is -0.113. The van der Waals surface area contributed by atoms with Crippen molar-refractivity contribution in [1.82, 2.24) is 9.78 Å². The summed E-state index contributed by atoms with van der Waals surface area (Å²) in [6.45, 7) is 1.80. The van der Waals surface area contributed by atoms with Gasteiger partial charge in [0.25, 0.3) is 0 Å². The van der Waals surface area contributed by atoms with Gasteiger partial charge in [0.15, 0.2) is 9.84 Å². The number of thioether (sulfide) groups is 1. The number of aryl methyl sites for hydroxylation is 1. The molecule has 1 atom stereocenters. The minimum Gasteiger partial charge on any atom is -0.310 e. The van der Waals surface area contributed by atoms with Gasteiger partial charge in [-0.25, -0.2) is 13.1 Å². The van der Waals surface area contributed by atoms with E-state index in [-0.39, 0.29) is 29.2 Å². The Morgan fingerprint density at radius 2 is 2.15 bits per heavy atom. The summed E-state index contributed by atoms with van der Waals surface area (Å²) in [5.41, 5.74) is 0.718. The number of rotatable bonds is 5. The molecule has 1 aromatic heterocycles. The van der Waals surface area contributed by atoms with Crippen LogP contribution in [0.1, 0.15) is 18.2 Å². The number of nitrogens with one attached hydrogen (secondary N) is 1. The first kappa shape index (κ1) is 19.5. The van der Waals surface area contributed by atoms with Gasteiger partial charge in [-0.1, -0.05) is 23.2 Å². The molecule has 1 aromatic carbocycles. The molecular weight excluding hydrogens is 417 g/mol. The van der Waals surface area contributed by atoms with E-state index < -0.39 is 9.84 Å². The number of sulfone groups is 1. The molecule has 1 amide bonds. The Morgan fingerprint density at radius 3 is 2.85 bits per heavy atom. The third-order valence-corrected chi connectivity index (χ3v) is 7.41. The molecule has 0 saturated carbocycles. The van der Waals surface area contributed by atoms with Crippen molar-refractivity contribution in [2.75, 3.05) is 22.6 Å². The number of aromatic nitrogens is 2. The van der Waals surface area contributed by atoms with E-state index in [4.69, 9.17) is 23.2 Å². The minimum atomic E-state index is -3.04. The second kappa shape index (κ2) is 7.80. The highest BCUT2D eigenvalue weighted by atomic mass is 35.5. The van der Waals surface area contributed by atoms with Gasteiger partial charge in [0.05, 0.1) is 34.0 Å². The first-order chi connectivity index (χ1) is 12.2. The number of carbonyl (C=O) groups excluding carboxylic acids is 1. The number of carbonyl (C=O) groups is 1. The van der Waals surface area contributed by atoms with Gasteiger partial charge in [0.1, 0.15) is 5.82 Å². The summed E-state index contributed by atoms with van der Waals surface area (Å²) in [7, 11) is -3.04. The molecule has 1 aliphatic heterocycles.